The summed E-state index contributed by atoms with van der Waals surface area (Å²) in [5.41, 5.74) is 2.62. The predicted octanol–water partition coefficient (Wildman–Crippen LogP) is 1.24. The average molecular weight is 225 g/mol. The van der Waals surface area contributed by atoms with Crippen LogP contribution < -0.4 is 5.32 Å². The molecule has 0 aliphatic heterocycles. The van der Waals surface area contributed by atoms with Crippen molar-refractivity contribution in [2.75, 3.05) is 13.7 Å². The predicted molar refractivity (Wildman–Crippen MR) is 61.1 cm³/mol. The summed E-state index contributed by atoms with van der Waals surface area (Å²) in [6, 6.07) is -0.427. The molecular formula is C11H19N3O2. The van der Waals surface area contributed by atoms with Crippen LogP contribution in [0.25, 0.3) is 0 Å². The number of rotatable bonds is 5. The van der Waals surface area contributed by atoms with Gasteiger partial charge in [-0.25, -0.2) is 4.79 Å². The van der Waals surface area contributed by atoms with Crippen LogP contribution in [0.1, 0.15) is 36.3 Å². The summed E-state index contributed by atoms with van der Waals surface area (Å²) in [5.74, 6) is -0.277. The van der Waals surface area contributed by atoms with Crippen molar-refractivity contribution in [2.24, 2.45) is 0 Å². The third kappa shape index (κ3) is 2.61. The number of nitrogens with zero attached hydrogens (tertiary/aromatic N) is 1. The lowest BCUT2D eigenvalue weighted by molar-refractivity contribution is -0.143. The molecule has 16 heavy (non-hydrogen) atoms. The first kappa shape index (κ1) is 12.7. The molecule has 0 fully saturated rings. The van der Waals surface area contributed by atoms with E-state index in [4.69, 9.17) is 4.74 Å². The lowest BCUT2D eigenvalue weighted by atomic mass is 10.1. The fourth-order valence-electron chi connectivity index (χ4n) is 1.69. The first-order valence-corrected chi connectivity index (χ1v) is 5.44. The number of H-pyrrole nitrogens is 1. The van der Waals surface area contributed by atoms with E-state index in [1.807, 2.05) is 13.8 Å². The number of aromatic nitrogens is 2. The van der Waals surface area contributed by atoms with Crippen LogP contribution in [0, 0.1) is 13.8 Å². The van der Waals surface area contributed by atoms with Crippen LogP contribution in [0.2, 0.25) is 0 Å². The van der Waals surface area contributed by atoms with Crippen molar-refractivity contribution in [1.29, 1.82) is 0 Å². The molecule has 0 aromatic carbocycles. The summed E-state index contributed by atoms with van der Waals surface area (Å²) in [6.45, 7) is 6.60. The van der Waals surface area contributed by atoms with Gasteiger partial charge in [-0.05, 0) is 26.8 Å². The Bertz CT molecular complexity index is 341. The number of hydrogen-bond acceptors (Lipinski definition) is 4. The van der Waals surface area contributed by atoms with Gasteiger partial charge in [-0.3, -0.25) is 5.10 Å². The molecule has 1 rings (SSSR count). The molecule has 0 amide bonds. The number of ether oxygens (including phenoxy) is 1. The Balaban J connectivity index is 2.96. The van der Waals surface area contributed by atoms with Gasteiger partial charge in [0, 0.05) is 11.3 Å². The van der Waals surface area contributed by atoms with Crippen molar-refractivity contribution in [1.82, 2.24) is 15.5 Å². The minimum atomic E-state index is -0.427. The lowest BCUT2D eigenvalue weighted by Crippen LogP contribution is -2.31. The molecule has 0 saturated carbocycles. The standard InChI is InChI=1S/C11H19N3O2/c1-5-6-12-10(11(15)16-4)9-7(2)13-14-8(9)3/h10,12H,5-6H2,1-4H3,(H,13,14). The van der Waals surface area contributed by atoms with Crippen LogP contribution in [0.15, 0.2) is 0 Å². The molecule has 1 unspecified atom stereocenters. The van der Waals surface area contributed by atoms with E-state index in [0.29, 0.717) is 0 Å². The molecule has 1 aromatic rings. The van der Waals surface area contributed by atoms with E-state index in [-0.39, 0.29) is 5.97 Å². The molecule has 0 spiro atoms. The zero-order valence-electron chi connectivity index (χ0n) is 10.3. The zero-order chi connectivity index (χ0) is 12.1. The molecule has 5 heteroatoms. The summed E-state index contributed by atoms with van der Waals surface area (Å²) in [5, 5.41) is 10.1. The number of aromatic amines is 1. The third-order valence-electron chi connectivity index (χ3n) is 2.51. The Morgan fingerprint density at radius 2 is 2.25 bits per heavy atom. The molecule has 2 N–H and O–H groups in total. The quantitative estimate of drug-likeness (QED) is 0.740. The maximum atomic E-state index is 11.7. The van der Waals surface area contributed by atoms with Gasteiger partial charge >= 0.3 is 5.97 Å². The molecule has 90 valence electrons. The van der Waals surface area contributed by atoms with Crippen LogP contribution >= 0.6 is 0 Å². The normalized spacial score (nSPS) is 12.5. The van der Waals surface area contributed by atoms with Crippen molar-refractivity contribution in [2.45, 2.75) is 33.2 Å². The van der Waals surface area contributed by atoms with Gasteiger partial charge in [0.1, 0.15) is 6.04 Å². The van der Waals surface area contributed by atoms with E-state index in [1.54, 1.807) is 0 Å². The molecule has 1 atom stereocenters. The summed E-state index contributed by atoms with van der Waals surface area (Å²) >= 11 is 0. The first-order valence-electron chi connectivity index (χ1n) is 5.44. The van der Waals surface area contributed by atoms with E-state index in [0.717, 1.165) is 29.9 Å². The van der Waals surface area contributed by atoms with Crippen LogP contribution in [0.5, 0.6) is 0 Å². The Morgan fingerprint density at radius 3 is 2.69 bits per heavy atom. The second-order valence-corrected chi connectivity index (χ2v) is 3.76. The minimum Gasteiger partial charge on any atom is -0.468 e. The number of hydrogen-bond donors (Lipinski definition) is 2. The average Bonchev–Trinajstić information content (AvgIpc) is 2.60. The zero-order valence-corrected chi connectivity index (χ0v) is 10.3. The summed E-state index contributed by atoms with van der Waals surface area (Å²) < 4.78 is 4.80. The highest BCUT2D eigenvalue weighted by Crippen LogP contribution is 2.20. The number of nitrogens with one attached hydrogen (secondary N) is 2. The summed E-state index contributed by atoms with van der Waals surface area (Å²) in [4.78, 5) is 11.7. The molecule has 5 nitrogen and oxygen atoms in total. The van der Waals surface area contributed by atoms with Gasteiger partial charge in [0.15, 0.2) is 0 Å². The maximum Gasteiger partial charge on any atom is 0.327 e. The SMILES string of the molecule is CCCNC(C(=O)OC)c1c(C)n[nH]c1C. The molecule has 1 aromatic heterocycles. The third-order valence-corrected chi connectivity index (χ3v) is 2.51. The monoisotopic (exact) mass is 225 g/mol. The highest BCUT2D eigenvalue weighted by atomic mass is 16.5. The molecule has 0 bridgehead atoms. The fraction of sp³-hybridized carbons (Fsp3) is 0.636. The number of carbonyl (C=O) groups excluding carboxylic acids is 1. The van der Waals surface area contributed by atoms with E-state index < -0.39 is 6.04 Å². The lowest BCUT2D eigenvalue weighted by Gasteiger charge is -2.16. The fourth-order valence-corrected chi connectivity index (χ4v) is 1.69. The molecular weight excluding hydrogens is 206 g/mol. The number of aryl methyl sites for hydroxylation is 2. The van der Waals surface area contributed by atoms with Crippen molar-refractivity contribution < 1.29 is 9.53 Å². The van der Waals surface area contributed by atoms with E-state index >= 15 is 0 Å². The smallest absolute Gasteiger partial charge is 0.327 e. The van der Waals surface area contributed by atoms with Gasteiger partial charge in [-0.15, -0.1) is 0 Å². The van der Waals surface area contributed by atoms with Crippen molar-refractivity contribution in [3.63, 3.8) is 0 Å². The summed E-state index contributed by atoms with van der Waals surface area (Å²) in [6.07, 6.45) is 0.962. The molecule has 0 saturated heterocycles. The molecule has 0 radical (unpaired) electrons. The van der Waals surface area contributed by atoms with Gasteiger partial charge in [0.25, 0.3) is 0 Å². The van der Waals surface area contributed by atoms with Gasteiger partial charge in [0.2, 0.25) is 0 Å². The molecule has 0 aliphatic rings. The van der Waals surface area contributed by atoms with Crippen LogP contribution in [-0.4, -0.2) is 29.8 Å². The highest BCUT2D eigenvalue weighted by molar-refractivity contribution is 5.78. The summed E-state index contributed by atoms with van der Waals surface area (Å²) in [7, 11) is 1.40. The van der Waals surface area contributed by atoms with Crippen molar-refractivity contribution in [3.05, 3.63) is 17.0 Å². The molecule has 0 aliphatic carbocycles. The largest absolute Gasteiger partial charge is 0.468 e. The first-order chi connectivity index (χ1) is 7.61. The topological polar surface area (TPSA) is 67.0 Å². The Kier molecular flexibility index (Phi) is 4.49. The van der Waals surface area contributed by atoms with Gasteiger partial charge < -0.3 is 10.1 Å². The molecule has 1 heterocycles. The minimum absolute atomic E-state index is 0.277. The van der Waals surface area contributed by atoms with E-state index in [2.05, 4.69) is 22.4 Å². The Morgan fingerprint density at radius 1 is 1.56 bits per heavy atom. The number of carbonyl (C=O) groups is 1. The second kappa shape index (κ2) is 5.65. The van der Waals surface area contributed by atoms with E-state index in [9.17, 15) is 4.79 Å². The van der Waals surface area contributed by atoms with Crippen LogP contribution in [0.3, 0.4) is 0 Å². The van der Waals surface area contributed by atoms with Crippen molar-refractivity contribution in [3.8, 4) is 0 Å². The van der Waals surface area contributed by atoms with Gasteiger partial charge in [0.05, 0.1) is 12.8 Å². The van der Waals surface area contributed by atoms with Crippen LogP contribution in [-0.2, 0) is 9.53 Å². The number of esters is 1. The number of methoxy groups -OCH3 is 1. The maximum absolute atomic E-state index is 11.7. The Hall–Kier alpha value is -1.36. The van der Waals surface area contributed by atoms with Gasteiger partial charge in [-0.1, -0.05) is 6.92 Å². The Labute approximate surface area is 95.6 Å². The van der Waals surface area contributed by atoms with Gasteiger partial charge in [-0.2, -0.15) is 5.10 Å². The van der Waals surface area contributed by atoms with E-state index in [1.165, 1.54) is 7.11 Å². The van der Waals surface area contributed by atoms with Crippen molar-refractivity contribution >= 4 is 5.97 Å². The highest BCUT2D eigenvalue weighted by Gasteiger charge is 2.25. The second-order valence-electron chi connectivity index (χ2n) is 3.76. The van der Waals surface area contributed by atoms with Crippen LogP contribution in [0.4, 0.5) is 0 Å².